The van der Waals surface area contributed by atoms with Gasteiger partial charge in [-0.25, -0.2) is 9.29 Å². The maximum absolute atomic E-state index is 14.0. The van der Waals surface area contributed by atoms with E-state index in [1.165, 1.54) is 24.3 Å². The molecule has 2 aromatic rings. The lowest BCUT2D eigenvalue weighted by molar-refractivity contribution is -0.122. The van der Waals surface area contributed by atoms with E-state index in [4.69, 9.17) is 17.5 Å². The third kappa shape index (κ3) is 3.16. The predicted octanol–water partition coefficient (Wildman–Crippen LogP) is 2.53. The van der Waals surface area contributed by atoms with Gasteiger partial charge in [-0.1, -0.05) is 24.3 Å². The number of amides is 2. The second-order valence-corrected chi connectivity index (χ2v) is 5.53. The van der Waals surface area contributed by atoms with Gasteiger partial charge in [0.1, 0.15) is 11.4 Å². The van der Waals surface area contributed by atoms with Gasteiger partial charge in [0, 0.05) is 0 Å². The van der Waals surface area contributed by atoms with Gasteiger partial charge in [-0.3, -0.25) is 14.9 Å². The fourth-order valence-electron chi connectivity index (χ4n) is 2.33. The van der Waals surface area contributed by atoms with Crippen molar-refractivity contribution in [1.82, 2.24) is 5.32 Å². The largest absolute Gasteiger partial charge is 0.298 e. The van der Waals surface area contributed by atoms with E-state index in [-0.39, 0.29) is 16.4 Å². The first-order chi connectivity index (χ1) is 12.0. The van der Waals surface area contributed by atoms with Gasteiger partial charge in [0.2, 0.25) is 0 Å². The number of nitriles is 1. The number of anilines is 1. The van der Waals surface area contributed by atoms with Gasteiger partial charge >= 0.3 is 0 Å². The minimum atomic E-state index is -0.719. The van der Waals surface area contributed by atoms with E-state index in [1.54, 1.807) is 30.3 Å². The highest BCUT2D eigenvalue weighted by molar-refractivity contribution is 7.80. The van der Waals surface area contributed by atoms with Crippen LogP contribution >= 0.6 is 12.2 Å². The van der Waals surface area contributed by atoms with Crippen molar-refractivity contribution in [3.63, 3.8) is 0 Å². The van der Waals surface area contributed by atoms with Crippen LogP contribution in [0.1, 0.15) is 11.1 Å². The normalized spacial score (nSPS) is 15.9. The van der Waals surface area contributed by atoms with Gasteiger partial charge in [-0.2, -0.15) is 5.26 Å². The molecule has 0 aromatic heterocycles. The van der Waals surface area contributed by atoms with E-state index >= 15 is 0 Å². The van der Waals surface area contributed by atoms with Gasteiger partial charge in [0.05, 0.1) is 17.3 Å². The summed E-state index contributed by atoms with van der Waals surface area (Å²) >= 11 is 5.02. The molecule has 1 aliphatic rings. The zero-order chi connectivity index (χ0) is 18.0. The van der Waals surface area contributed by atoms with Crippen LogP contribution in [0.25, 0.3) is 6.08 Å². The Morgan fingerprint density at radius 1 is 1.12 bits per heavy atom. The summed E-state index contributed by atoms with van der Waals surface area (Å²) < 4.78 is 14.0. The Labute approximate surface area is 148 Å². The number of thiocarbonyl (C=S) groups is 1. The first-order valence-electron chi connectivity index (χ1n) is 7.17. The van der Waals surface area contributed by atoms with Crippen LogP contribution in [-0.2, 0) is 9.59 Å². The molecule has 0 aliphatic carbocycles. The summed E-state index contributed by atoms with van der Waals surface area (Å²) in [6, 6.07) is 14.0. The molecule has 0 bridgehead atoms. The number of benzene rings is 2. The van der Waals surface area contributed by atoms with Crippen LogP contribution < -0.4 is 10.2 Å². The van der Waals surface area contributed by atoms with Gasteiger partial charge in [0.15, 0.2) is 5.11 Å². The van der Waals surface area contributed by atoms with Crippen LogP contribution in [0.3, 0.4) is 0 Å². The maximum Gasteiger partial charge on any atom is 0.270 e. The summed E-state index contributed by atoms with van der Waals surface area (Å²) in [4.78, 5) is 25.8. The number of nitrogens with one attached hydrogen (secondary N) is 1. The lowest BCUT2D eigenvalue weighted by Gasteiger charge is -2.29. The Morgan fingerprint density at radius 3 is 2.44 bits per heavy atom. The number of carbonyl (C=O) groups excluding carboxylic acids is 2. The number of rotatable bonds is 2. The lowest BCUT2D eigenvalue weighted by Crippen LogP contribution is -2.54. The first kappa shape index (κ1) is 16.5. The summed E-state index contributed by atoms with van der Waals surface area (Å²) in [5.41, 5.74) is 0.791. The molecule has 1 N–H and O–H groups in total. The van der Waals surface area contributed by atoms with E-state index in [0.29, 0.717) is 11.1 Å². The Balaban J connectivity index is 2.02. The minimum absolute atomic E-state index is 0.0387. The van der Waals surface area contributed by atoms with Crippen LogP contribution in [0.5, 0.6) is 0 Å². The van der Waals surface area contributed by atoms with E-state index < -0.39 is 17.6 Å². The van der Waals surface area contributed by atoms with Crippen molar-refractivity contribution in [3.05, 3.63) is 71.0 Å². The molecular formula is C18H10FN3O2S. The zero-order valence-corrected chi connectivity index (χ0v) is 13.5. The summed E-state index contributed by atoms with van der Waals surface area (Å²) in [5, 5.41) is 11.0. The van der Waals surface area contributed by atoms with Gasteiger partial charge in [-0.15, -0.1) is 0 Å². The molecule has 1 saturated heterocycles. The third-order valence-corrected chi connectivity index (χ3v) is 3.83. The fourth-order valence-corrected chi connectivity index (χ4v) is 2.60. The molecule has 0 atom stereocenters. The smallest absolute Gasteiger partial charge is 0.270 e. The Morgan fingerprint density at radius 2 is 1.80 bits per heavy atom. The molecule has 5 nitrogen and oxygen atoms in total. The second-order valence-electron chi connectivity index (χ2n) is 5.14. The highest BCUT2D eigenvalue weighted by atomic mass is 32.1. The van der Waals surface area contributed by atoms with E-state index in [1.807, 2.05) is 6.07 Å². The van der Waals surface area contributed by atoms with Gasteiger partial charge in [-0.05, 0) is 48.1 Å². The molecule has 122 valence electrons. The summed E-state index contributed by atoms with van der Waals surface area (Å²) in [7, 11) is 0. The molecule has 1 heterocycles. The van der Waals surface area contributed by atoms with E-state index in [9.17, 15) is 14.0 Å². The minimum Gasteiger partial charge on any atom is -0.298 e. The Bertz CT molecular complexity index is 961. The van der Waals surface area contributed by atoms with Crippen molar-refractivity contribution in [2.24, 2.45) is 0 Å². The number of nitrogens with zero attached hydrogens (tertiary/aromatic N) is 2. The quantitative estimate of drug-likeness (QED) is 0.513. The van der Waals surface area contributed by atoms with Crippen molar-refractivity contribution >= 4 is 40.9 Å². The molecule has 0 unspecified atom stereocenters. The predicted molar refractivity (Wildman–Crippen MR) is 93.8 cm³/mol. The molecule has 3 rings (SSSR count). The summed E-state index contributed by atoms with van der Waals surface area (Å²) in [5.74, 6) is -2.01. The first-order valence-corrected chi connectivity index (χ1v) is 7.58. The molecule has 0 saturated carbocycles. The standard InChI is InChI=1S/C18H10FN3O2S/c19-14-3-1-2-4-15(14)22-17(24)13(16(23)21-18(22)25)9-11-5-7-12(10-20)8-6-11/h1-9H,(H,21,23,25). The lowest BCUT2D eigenvalue weighted by atomic mass is 10.1. The maximum atomic E-state index is 14.0. The molecule has 25 heavy (non-hydrogen) atoms. The van der Waals surface area contributed by atoms with Crippen LogP contribution in [0, 0.1) is 17.1 Å². The van der Waals surface area contributed by atoms with Crippen LogP contribution in [0.2, 0.25) is 0 Å². The van der Waals surface area contributed by atoms with Crippen molar-refractivity contribution < 1.29 is 14.0 Å². The van der Waals surface area contributed by atoms with E-state index in [0.717, 1.165) is 4.90 Å². The average molecular weight is 351 g/mol. The zero-order valence-electron chi connectivity index (χ0n) is 12.7. The van der Waals surface area contributed by atoms with Gasteiger partial charge < -0.3 is 0 Å². The monoisotopic (exact) mass is 351 g/mol. The Kier molecular flexibility index (Phi) is 4.37. The molecule has 1 fully saturated rings. The number of para-hydroxylation sites is 1. The molecule has 1 aliphatic heterocycles. The highest BCUT2D eigenvalue weighted by Gasteiger charge is 2.35. The SMILES string of the molecule is N#Cc1ccc(C=C2C(=O)NC(=S)N(c3ccccc3F)C2=O)cc1. The van der Waals surface area contributed by atoms with Crippen molar-refractivity contribution in [2.75, 3.05) is 4.90 Å². The number of hydrogen-bond acceptors (Lipinski definition) is 4. The average Bonchev–Trinajstić information content (AvgIpc) is 2.60. The summed E-state index contributed by atoms with van der Waals surface area (Å²) in [6.45, 7) is 0. The number of hydrogen-bond donors (Lipinski definition) is 1. The van der Waals surface area contributed by atoms with Gasteiger partial charge in [0.25, 0.3) is 11.8 Å². The van der Waals surface area contributed by atoms with Crippen molar-refractivity contribution in [2.45, 2.75) is 0 Å². The molecule has 7 heteroatoms. The van der Waals surface area contributed by atoms with Crippen LogP contribution in [-0.4, -0.2) is 16.9 Å². The Hall–Kier alpha value is -3.37. The molecule has 0 spiro atoms. The van der Waals surface area contributed by atoms with Crippen LogP contribution in [0.4, 0.5) is 10.1 Å². The molecule has 2 aromatic carbocycles. The molecule has 2 amide bonds. The second kappa shape index (κ2) is 6.63. The van der Waals surface area contributed by atoms with Crippen molar-refractivity contribution in [3.8, 4) is 6.07 Å². The number of carbonyl (C=O) groups is 2. The molecule has 0 radical (unpaired) electrons. The van der Waals surface area contributed by atoms with E-state index in [2.05, 4.69) is 5.32 Å². The summed E-state index contributed by atoms with van der Waals surface area (Å²) in [6.07, 6.45) is 1.37. The number of halogens is 1. The van der Waals surface area contributed by atoms with Crippen LogP contribution in [0.15, 0.2) is 54.1 Å². The fraction of sp³-hybridized carbons (Fsp3) is 0. The third-order valence-electron chi connectivity index (χ3n) is 3.55. The topological polar surface area (TPSA) is 73.2 Å². The molecular weight excluding hydrogens is 341 g/mol. The highest BCUT2D eigenvalue weighted by Crippen LogP contribution is 2.24. The van der Waals surface area contributed by atoms with Crippen molar-refractivity contribution in [1.29, 1.82) is 5.26 Å².